The zero-order valence-electron chi connectivity index (χ0n) is 16.8. The van der Waals surface area contributed by atoms with Gasteiger partial charge in [0.15, 0.2) is 0 Å². The normalized spacial score (nSPS) is 16.1. The highest BCUT2D eigenvalue weighted by Crippen LogP contribution is 2.38. The second-order valence-electron chi connectivity index (χ2n) is 7.56. The van der Waals surface area contributed by atoms with Crippen molar-refractivity contribution in [1.82, 2.24) is 25.2 Å². The minimum absolute atomic E-state index is 0.0364. The minimum atomic E-state index is -0.235. The summed E-state index contributed by atoms with van der Waals surface area (Å²) in [5.74, 6) is 0.712. The largest absolute Gasteiger partial charge is 0.449 e. The first-order valence-electron chi connectivity index (χ1n) is 9.69. The average molecular weight is 439 g/mol. The van der Waals surface area contributed by atoms with E-state index in [-0.39, 0.29) is 22.9 Å². The number of anilines is 1. The van der Waals surface area contributed by atoms with Crippen LogP contribution < -0.4 is 15.4 Å². The molecule has 0 fully saturated rings. The molecule has 31 heavy (non-hydrogen) atoms. The molecular formula is C21H19ClN6O3. The van der Waals surface area contributed by atoms with Gasteiger partial charge in [0.25, 0.3) is 5.91 Å². The summed E-state index contributed by atoms with van der Waals surface area (Å²) in [6.45, 7) is 1.26. The first-order valence-corrected chi connectivity index (χ1v) is 10.1. The highest BCUT2D eigenvalue weighted by atomic mass is 35.5. The van der Waals surface area contributed by atoms with Crippen LogP contribution >= 0.6 is 11.6 Å². The summed E-state index contributed by atoms with van der Waals surface area (Å²) in [4.78, 5) is 27.1. The molecule has 4 aromatic rings. The second kappa shape index (κ2) is 7.68. The quantitative estimate of drug-likeness (QED) is 0.467. The molecule has 1 aromatic carbocycles. The van der Waals surface area contributed by atoms with Crippen LogP contribution in [0, 0.1) is 0 Å². The van der Waals surface area contributed by atoms with Crippen LogP contribution in [0.2, 0.25) is 5.15 Å². The fraction of sp³-hybridized carbons (Fsp3) is 0.238. The number of fused-ring (bicyclic) bond motifs is 5. The molecule has 1 aliphatic heterocycles. The van der Waals surface area contributed by atoms with E-state index < -0.39 is 0 Å². The third kappa shape index (κ3) is 3.73. The highest BCUT2D eigenvalue weighted by molar-refractivity contribution is 6.29. The molecule has 10 heteroatoms. The molecule has 9 nitrogen and oxygen atoms in total. The number of carbonyl (C=O) groups is 1. The van der Waals surface area contributed by atoms with Crippen LogP contribution in [0.3, 0.4) is 0 Å². The van der Waals surface area contributed by atoms with Gasteiger partial charge in [-0.15, -0.1) is 0 Å². The fourth-order valence-electron chi connectivity index (χ4n) is 3.72. The van der Waals surface area contributed by atoms with E-state index in [1.54, 1.807) is 12.1 Å². The molecule has 158 valence electrons. The van der Waals surface area contributed by atoms with Gasteiger partial charge >= 0.3 is 0 Å². The number of hydrogen-bond donors (Lipinski definition) is 2. The number of pyridine rings is 1. The van der Waals surface area contributed by atoms with Crippen molar-refractivity contribution in [3.8, 4) is 11.8 Å². The summed E-state index contributed by atoms with van der Waals surface area (Å²) < 4.78 is 11.6. The predicted octanol–water partition coefficient (Wildman–Crippen LogP) is 3.30. The van der Waals surface area contributed by atoms with Crippen molar-refractivity contribution < 1.29 is 13.9 Å². The number of hydrogen-bond acceptors (Lipinski definition) is 8. The van der Waals surface area contributed by atoms with Crippen molar-refractivity contribution in [2.75, 3.05) is 32.5 Å². The number of carbonyl (C=O) groups excluding carboxylic acids is 1. The molecule has 0 saturated carbocycles. The van der Waals surface area contributed by atoms with Gasteiger partial charge in [0, 0.05) is 30.6 Å². The Labute approximate surface area is 182 Å². The number of likely N-dealkylation sites (N-methyl/N-ethyl adjacent to an activating group) is 1. The van der Waals surface area contributed by atoms with Crippen LogP contribution in [0.5, 0.6) is 11.8 Å². The van der Waals surface area contributed by atoms with Gasteiger partial charge in [0.1, 0.15) is 17.1 Å². The van der Waals surface area contributed by atoms with Crippen molar-refractivity contribution in [1.29, 1.82) is 0 Å². The standard InChI is InChI=1S/C21H19ClN6O3/c1-28(2)9-11-8-23-21(29)20-19(26-11)18-12-3-6-16(27-13(12)4-5-14(18)30-20)31-17-7-15(22)24-10-25-17/h3-7,10-11,26H,8-9H2,1-2H3,(H,23,29)/t11-/m1/s1. The van der Waals surface area contributed by atoms with Crippen molar-refractivity contribution in [2.45, 2.75) is 6.04 Å². The molecule has 0 aliphatic carbocycles. The number of ether oxygens (including phenoxy) is 1. The summed E-state index contributed by atoms with van der Waals surface area (Å²) in [5, 5.41) is 8.36. The van der Waals surface area contributed by atoms with Crippen molar-refractivity contribution in [2.24, 2.45) is 0 Å². The fourth-order valence-corrected chi connectivity index (χ4v) is 3.86. The van der Waals surface area contributed by atoms with Gasteiger partial charge in [-0.1, -0.05) is 11.6 Å². The van der Waals surface area contributed by atoms with Crippen LogP contribution in [-0.4, -0.2) is 59.0 Å². The molecule has 0 saturated heterocycles. The topological polar surface area (TPSA) is 105 Å². The zero-order chi connectivity index (χ0) is 21.5. The third-order valence-electron chi connectivity index (χ3n) is 4.96. The molecule has 0 unspecified atom stereocenters. The van der Waals surface area contributed by atoms with E-state index in [9.17, 15) is 4.79 Å². The van der Waals surface area contributed by atoms with Crippen LogP contribution in [0.15, 0.2) is 41.1 Å². The molecule has 3 aromatic heterocycles. The smallest absolute Gasteiger partial charge is 0.289 e. The van der Waals surface area contributed by atoms with Crippen LogP contribution in [0.25, 0.3) is 21.9 Å². The Morgan fingerprint density at radius 3 is 2.90 bits per heavy atom. The minimum Gasteiger partial charge on any atom is -0.449 e. The summed E-state index contributed by atoms with van der Waals surface area (Å²) >= 11 is 5.89. The number of halogens is 1. The molecule has 2 N–H and O–H groups in total. The number of aromatic nitrogens is 3. The van der Waals surface area contributed by atoms with Gasteiger partial charge in [-0.3, -0.25) is 4.79 Å². The van der Waals surface area contributed by atoms with Gasteiger partial charge < -0.3 is 24.7 Å². The first-order chi connectivity index (χ1) is 15.0. The van der Waals surface area contributed by atoms with Gasteiger partial charge in [0.2, 0.25) is 17.5 Å². The predicted molar refractivity (Wildman–Crippen MR) is 117 cm³/mol. The van der Waals surface area contributed by atoms with Crippen LogP contribution in [-0.2, 0) is 0 Å². The number of nitrogens with zero attached hydrogens (tertiary/aromatic N) is 4. The van der Waals surface area contributed by atoms with E-state index >= 15 is 0 Å². The van der Waals surface area contributed by atoms with E-state index in [1.807, 2.05) is 26.2 Å². The Morgan fingerprint density at radius 1 is 1.23 bits per heavy atom. The number of nitrogens with one attached hydrogen (secondary N) is 2. The van der Waals surface area contributed by atoms with E-state index in [0.29, 0.717) is 35.1 Å². The Hall–Kier alpha value is -3.43. The third-order valence-corrected chi connectivity index (χ3v) is 5.17. The van der Waals surface area contributed by atoms with Gasteiger partial charge in [-0.05, 0) is 32.3 Å². The lowest BCUT2D eigenvalue weighted by Gasteiger charge is -2.21. The zero-order valence-corrected chi connectivity index (χ0v) is 17.6. The maximum Gasteiger partial charge on any atom is 0.289 e. The number of furan rings is 1. The second-order valence-corrected chi connectivity index (χ2v) is 7.94. The number of benzene rings is 1. The van der Waals surface area contributed by atoms with Crippen molar-refractivity contribution >= 4 is 45.1 Å². The maximum atomic E-state index is 12.6. The van der Waals surface area contributed by atoms with Gasteiger partial charge in [-0.25, -0.2) is 15.0 Å². The molecule has 0 bridgehead atoms. The number of rotatable bonds is 4. The van der Waals surface area contributed by atoms with E-state index in [4.69, 9.17) is 20.8 Å². The Kier molecular flexibility index (Phi) is 4.84. The lowest BCUT2D eigenvalue weighted by Crippen LogP contribution is -2.39. The molecule has 0 radical (unpaired) electrons. The highest BCUT2D eigenvalue weighted by Gasteiger charge is 2.28. The SMILES string of the molecule is CN(C)C[C@H]1CNC(=O)c2oc3ccc4nc(Oc5cc(Cl)ncn5)ccc4c3c2N1. The molecular weight excluding hydrogens is 420 g/mol. The molecule has 1 atom stereocenters. The molecule has 4 heterocycles. The number of amides is 1. The molecule has 0 spiro atoms. The lowest BCUT2D eigenvalue weighted by molar-refractivity contribution is 0.0930. The van der Waals surface area contributed by atoms with Crippen LogP contribution in [0.4, 0.5) is 5.69 Å². The lowest BCUT2D eigenvalue weighted by atomic mass is 10.1. The summed E-state index contributed by atoms with van der Waals surface area (Å²) in [6.07, 6.45) is 1.32. The molecule has 1 amide bonds. The Morgan fingerprint density at radius 2 is 2.10 bits per heavy atom. The average Bonchev–Trinajstić information content (AvgIpc) is 3.03. The summed E-state index contributed by atoms with van der Waals surface area (Å²) in [6, 6.07) is 8.82. The van der Waals surface area contributed by atoms with E-state index in [2.05, 4.69) is 30.5 Å². The van der Waals surface area contributed by atoms with E-state index in [1.165, 1.54) is 12.4 Å². The van der Waals surface area contributed by atoms with Gasteiger partial charge in [-0.2, -0.15) is 0 Å². The molecule has 5 rings (SSSR count). The van der Waals surface area contributed by atoms with Gasteiger partial charge in [0.05, 0.1) is 22.6 Å². The van der Waals surface area contributed by atoms with Crippen molar-refractivity contribution in [3.05, 3.63) is 47.6 Å². The monoisotopic (exact) mass is 438 g/mol. The molecule has 1 aliphatic rings. The van der Waals surface area contributed by atoms with Crippen LogP contribution in [0.1, 0.15) is 10.6 Å². The first kappa shape index (κ1) is 19.5. The van der Waals surface area contributed by atoms with E-state index in [0.717, 1.165) is 17.3 Å². The Balaban J connectivity index is 1.59. The van der Waals surface area contributed by atoms with Crippen molar-refractivity contribution in [3.63, 3.8) is 0 Å². The maximum absolute atomic E-state index is 12.6. The summed E-state index contributed by atoms with van der Waals surface area (Å²) in [5.41, 5.74) is 1.99. The summed E-state index contributed by atoms with van der Waals surface area (Å²) in [7, 11) is 3.99. The Bertz CT molecular complexity index is 1310.